The maximum atomic E-state index is 10.8. The summed E-state index contributed by atoms with van der Waals surface area (Å²) in [6, 6.07) is 4.11. The fraction of sp³-hybridized carbons (Fsp3) is 0.417. The molecule has 0 amide bonds. The molecule has 1 rings (SSSR count). The molecule has 0 bridgehead atoms. The molecule has 0 aliphatic heterocycles. The number of hydrogen-bond donors (Lipinski definition) is 4. The van der Waals surface area contributed by atoms with Crippen LogP contribution in [0.5, 0.6) is 5.75 Å². The molecule has 1 aromatic carbocycles. The molecular formula is C12H17NO5. The van der Waals surface area contributed by atoms with Crippen molar-refractivity contribution in [2.75, 3.05) is 20.7 Å². The van der Waals surface area contributed by atoms with Crippen LogP contribution in [0, 0.1) is 0 Å². The summed E-state index contributed by atoms with van der Waals surface area (Å²) >= 11 is 0. The van der Waals surface area contributed by atoms with Crippen LogP contribution in [0.2, 0.25) is 0 Å². The molecule has 0 aromatic heterocycles. The molecule has 2 unspecified atom stereocenters. The van der Waals surface area contributed by atoms with E-state index in [-0.39, 0.29) is 17.9 Å². The highest BCUT2D eigenvalue weighted by Gasteiger charge is 2.22. The van der Waals surface area contributed by atoms with Crippen molar-refractivity contribution in [3.63, 3.8) is 0 Å². The minimum absolute atomic E-state index is 0.0610. The van der Waals surface area contributed by atoms with Crippen molar-refractivity contribution in [2.24, 2.45) is 0 Å². The van der Waals surface area contributed by atoms with Gasteiger partial charge in [-0.1, -0.05) is 6.07 Å². The Labute approximate surface area is 105 Å². The quantitative estimate of drug-likeness (QED) is 0.571. The van der Waals surface area contributed by atoms with Gasteiger partial charge >= 0.3 is 5.97 Å². The van der Waals surface area contributed by atoms with Crippen LogP contribution in [-0.4, -0.2) is 48.1 Å². The van der Waals surface area contributed by atoms with Gasteiger partial charge in [0, 0.05) is 12.1 Å². The largest absolute Gasteiger partial charge is 0.496 e. The van der Waals surface area contributed by atoms with Crippen LogP contribution in [0.4, 0.5) is 0 Å². The fourth-order valence-electron chi connectivity index (χ4n) is 1.62. The van der Waals surface area contributed by atoms with Crippen molar-refractivity contribution in [3.05, 3.63) is 29.3 Å². The first-order valence-corrected chi connectivity index (χ1v) is 5.43. The van der Waals surface area contributed by atoms with Crippen LogP contribution in [0.15, 0.2) is 18.2 Å². The van der Waals surface area contributed by atoms with Crippen LogP contribution >= 0.6 is 0 Å². The van der Waals surface area contributed by atoms with E-state index in [1.165, 1.54) is 25.3 Å². The van der Waals surface area contributed by atoms with Crippen molar-refractivity contribution < 1.29 is 24.9 Å². The van der Waals surface area contributed by atoms with Crippen LogP contribution in [0.3, 0.4) is 0 Å². The van der Waals surface area contributed by atoms with Crippen LogP contribution in [0.25, 0.3) is 0 Å². The predicted octanol–water partition coefficient (Wildman–Crippen LogP) is 0.00710. The minimum atomic E-state index is -1.14. The average Bonchev–Trinajstić information content (AvgIpc) is 2.37. The summed E-state index contributed by atoms with van der Waals surface area (Å²) in [6.07, 6.45) is -2.14. The number of hydrogen-bond acceptors (Lipinski definition) is 5. The average molecular weight is 255 g/mol. The number of aromatic carboxylic acids is 1. The molecule has 0 radical (unpaired) electrons. The predicted molar refractivity (Wildman–Crippen MR) is 64.8 cm³/mol. The van der Waals surface area contributed by atoms with Gasteiger partial charge in [-0.15, -0.1) is 0 Å². The van der Waals surface area contributed by atoms with Crippen LogP contribution in [-0.2, 0) is 0 Å². The first kappa shape index (κ1) is 14.4. The molecule has 0 saturated carbocycles. The summed E-state index contributed by atoms with van der Waals surface area (Å²) in [6.45, 7) is 0.213. The third kappa shape index (κ3) is 3.19. The monoisotopic (exact) mass is 255 g/mol. The number of nitrogens with one attached hydrogen (secondary N) is 1. The number of carboxylic acid groups (broad SMARTS) is 1. The van der Waals surface area contributed by atoms with Gasteiger partial charge in [-0.05, 0) is 19.2 Å². The van der Waals surface area contributed by atoms with Gasteiger partial charge in [0.05, 0.1) is 18.8 Å². The third-order valence-electron chi connectivity index (χ3n) is 2.58. The van der Waals surface area contributed by atoms with Gasteiger partial charge in [-0.2, -0.15) is 0 Å². The molecule has 0 fully saturated rings. The number of aliphatic hydroxyl groups is 2. The number of ether oxygens (including phenoxy) is 1. The number of rotatable bonds is 6. The van der Waals surface area contributed by atoms with Crippen molar-refractivity contribution in [2.45, 2.75) is 12.2 Å². The first-order valence-electron chi connectivity index (χ1n) is 5.43. The van der Waals surface area contributed by atoms with Crippen molar-refractivity contribution >= 4 is 5.97 Å². The molecule has 100 valence electrons. The lowest BCUT2D eigenvalue weighted by atomic mass is 10.0. The summed E-state index contributed by atoms with van der Waals surface area (Å²) in [4.78, 5) is 10.8. The minimum Gasteiger partial charge on any atom is -0.496 e. The van der Waals surface area contributed by atoms with Gasteiger partial charge in [0.2, 0.25) is 0 Å². The van der Waals surface area contributed by atoms with Gasteiger partial charge < -0.3 is 25.4 Å². The summed E-state index contributed by atoms with van der Waals surface area (Å²) in [5.74, 6) is -0.845. The number of carbonyl (C=O) groups is 1. The van der Waals surface area contributed by atoms with E-state index < -0.39 is 18.2 Å². The molecule has 0 spiro atoms. The van der Waals surface area contributed by atoms with E-state index in [9.17, 15) is 15.0 Å². The van der Waals surface area contributed by atoms with E-state index in [1.54, 1.807) is 7.05 Å². The second-order valence-electron chi connectivity index (χ2n) is 3.83. The first-order chi connectivity index (χ1) is 8.51. The van der Waals surface area contributed by atoms with E-state index in [2.05, 4.69) is 5.32 Å². The second-order valence-corrected chi connectivity index (χ2v) is 3.83. The number of likely N-dealkylation sites (N-methyl/N-ethyl adjacent to an activating group) is 1. The van der Waals surface area contributed by atoms with Gasteiger partial charge in [0.1, 0.15) is 11.9 Å². The lowest BCUT2D eigenvalue weighted by Crippen LogP contribution is -2.29. The van der Waals surface area contributed by atoms with Gasteiger partial charge in [0.25, 0.3) is 0 Å². The summed E-state index contributed by atoms with van der Waals surface area (Å²) < 4.78 is 5.03. The van der Waals surface area contributed by atoms with E-state index in [0.29, 0.717) is 5.56 Å². The highest BCUT2D eigenvalue weighted by molar-refractivity contribution is 5.88. The Bertz CT molecular complexity index is 421. The Hall–Kier alpha value is -1.63. The Balaban J connectivity index is 3.05. The highest BCUT2D eigenvalue weighted by atomic mass is 16.5. The van der Waals surface area contributed by atoms with Crippen molar-refractivity contribution in [1.29, 1.82) is 0 Å². The van der Waals surface area contributed by atoms with E-state index in [4.69, 9.17) is 9.84 Å². The molecule has 4 N–H and O–H groups in total. The second kappa shape index (κ2) is 6.34. The zero-order chi connectivity index (χ0) is 13.7. The van der Waals surface area contributed by atoms with E-state index >= 15 is 0 Å². The number of methoxy groups -OCH3 is 1. The van der Waals surface area contributed by atoms with Crippen molar-refractivity contribution in [3.8, 4) is 5.75 Å². The summed E-state index contributed by atoms with van der Waals surface area (Å²) in [7, 11) is 3.03. The van der Waals surface area contributed by atoms with Crippen LogP contribution < -0.4 is 10.1 Å². The number of carboxylic acids is 1. The maximum absolute atomic E-state index is 10.8. The zero-order valence-electron chi connectivity index (χ0n) is 10.3. The van der Waals surface area contributed by atoms with Gasteiger partial charge in [0.15, 0.2) is 0 Å². The third-order valence-corrected chi connectivity index (χ3v) is 2.58. The Morgan fingerprint density at radius 3 is 2.61 bits per heavy atom. The molecule has 6 nitrogen and oxygen atoms in total. The molecule has 0 saturated heterocycles. The van der Waals surface area contributed by atoms with Crippen molar-refractivity contribution in [1.82, 2.24) is 5.32 Å². The van der Waals surface area contributed by atoms with Gasteiger partial charge in [-0.25, -0.2) is 4.79 Å². The summed E-state index contributed by atoms with van der Waals surface area (Å²) in [5.41, 5.74) is 0.413. The molecule has 6 heteroatoms. The highest BCUT2D eigenvalue weighted by Crippen LogP contribution is 2.28. The Morgan fingerprint density at radius 1 is 1.44 bits per heavy atom. The molecule has 18 heavy (non-hydrogen) atoms. The SMILES string of the molecule is CNCC(O)C(O)c1ccc(C(=O)O)cc1OC. The maximum Gasteiger partial charge on any atom is 0.335 e. The fourth-order valence-corrected chi connectivity index (χ4v) is 1.62. The smallest absolute Gasteiger partial charge is 0.335 e. The molecule has 2 atom stereocenters. The molecule has 1 aromatic rings. The number of benzene rings is 1. The zero-order valence-corrected chi connectivity index (χ0v) is 10.3. The van der Waals surface area contributed by atoms with Crippen LogP contribution in [0.1, 0.15) is 22.0 Å². The molecular weight excluding hydrogens is 238 g/mol. The Morgan fingerprint density at radius 2 is 2.11 bits per heavy atom. The molecule has 0 aliphatic carbocycles. The lowest BCUT2D eigenvalue weighted by Gasteiger charge is -2.20. The summed E-state index contributed by atoms with van der Waals surface area (Å²) in [5, 5.41) is 31.2. The topological polar surface area (TPSA) is 99.0 Å². The normalized spacial score (nSPS) is 14.0. The van der Waals surface area contributed by atoms with E-state index in [0.717, 1.165) is 0 Å². The molecule has 0 heterocycles. The Kier molecular flexibility index (Phi) is 5.08. The van der Waals surface area contributed by atoms with E-state index in [1.807, 2.05) is 0 Å². The lowest BCUT2D eigenvalue weighted by molar-refractivity contribution is 0.0188. The number of aliphatic hydroxyl groups excluding tert-OH is 2. The molecule has 0 aliphatic rings. The standard InChI is InChI=1S/C12H17NO5/c1-13-6-9(14)11(15)8-4-3-7(12(16)17)5-10(8)18-2/h3-5,9,11,13-15H,6H2,1-2H3,(H,16,17). The van der Waals surface area contributed by atoms with Gasteiger partial charge in [-0.3, -0.25) is 0 Å².